The molecule has 0 saturated heterocycles. The third-order valence-corrected chi connectivity index (χ3v) is 6.16. The Labute approximate surface area is 208 Å². The van der Waals surface area contributed by atoms with Gasteiger partial charge >= 0.3 is 6.18 Å². The molecule has 0 unspecified atom stereocenters. The molecule has 10 heteroatoms. The molecule has 3 aromatic carbocycles. The van der Waals surface area contributed by atoms with E-state index in [0.29, 0.717) is 22.7 Å². The van der Waals surface area contributed by atoms with Crippen molar-refractivity contribution in [3.63, 3.8) is 0 Å². The summed E-state index contributed by atoms with van der Waals surface area (Å²) in [5.74, 6) is -0.861. The lowest BCUT2D eigenvalue weighted by molar-refractivity contribution is -0.137. The summed E-state index contributed by atoms with van der Waals surface area (Å²) in [6.45, 7) is 3.56. The van der Waals surface area contributed by atoms with Crippen LogP contribution in [-0.4, -0.2) is 15.9 Å². The first-order chi connectivity index (χ1) is 17.0. The van der Waals surface area contributed by atoms with E-state index < -0.39 is 34.6 Å². The van der Waals surface area contributed by atoms with E-state index in [9.17, 15) is 22.4 Å². The first-order valence-corrected chi connectivity index (χ1v) is 11.2. The van der Waals surface area contributed by atoms with E-state index in [0.717, 1.165) is 12.1 Å². The van der Waals surface area contributed by atoms with Crippen molar-refractivity contribution in [3.8, 4) is 28.4 Å². The summed E-state index contributed by atoms with van der Waals surface area (Å²) in [7, 11) is 0. The zero-order valence-corrected chi connectivity index (χ0v) is 19.7. The third-order valence-electron chi connectivity index (χ3n) is 5.84. The molecule has 36 heavy (non-hydrogen) atoms. The number of amides is 1. The van der Waals surface area contributed by atoms with Gasteiger partial charge in [0.2, 0.25) is 0 Å². The summed E-state index contributed by atoms with van der Waals surface area (Å²) in [4.78, 5) is 20.4. The number of anilines is 1. The molecule has 4 aromatic rings. The van der Waals surface area contributed by atoms with Gasteiger partial charge in [-0.3, -0.25) is 4.79 Å². The average Bonchev–Trinajstić information content (AvgIpc) is 3.24. The van der Waals surface area contributed by atoms with Crippen LogP contribution in [0.5, 0.6) is 5.75 Å². The number of ether oxygens (including phenoxy) is 1. The lowest BCUT2D eigenvalue weighted by Gasteiger charge is -2.32. The van der Waals surface area contributed by atoms with Crippen LogP contribution >= 0.6 is 11.6 Å². The van der Waals surface area contributed by atoms with Crippen LogP contribution in [0.3, 0.4) is 0 Å². The van der Waals surface area contributed by atoms with E-state index in [1.54, 1.807) is 26.0 Å². The maximum absolute atomic E-state index is 14.5. The van der Waals surface area contributed by atoms with Crippen molar-refractivity contribution in [1.82, 2.24) is 9.97 Å². The number of carbonyl (C=O) groups excluding carboxylic acids is 1. The van der Waals surface area contributed by atoms with Crippen molar-refractivity contribution < 1.29 is 27.1 Å². The molecule has 0 bridgehead atoms. The summed E-state index contributed by atoms with van der Waals surface area (Å²) in [5.41, 5.74) is -0.412. The van der Waals surface area contributed by atoms with E-state index in [1.807, 2.05) is 0 Å². The SMILES string of the molecule is CC1(C)Oc2cc(NC(=O)c3ccccc3C(F)(F)F)ccc2-c2nc(-c3c(F)cccc3Cl)[nH]c21. The number of halogens is 5. The number of alkyl halides is 3. The lowest BCUT2D eigenvalue weighted by Crippen LogP contribution is -2.29. The quantitative estimate of drug-likeness (QED) is 0.279. The molecule has 0 spiro atoms. The first kappa shape index (κ1) is 23.9. The molecular weight excluding hydrogens is 498 g/mol. The van der Waals surface area contributed by atoms with Crippen molar-refractivity contribution in [1.29, 1.82) is 0 Å². The fraction of sp³-hybridized carbons (Fsp3) is 0.154. The number of nitrogens with zero attached hydrogens (tertiary/aromatic N) is 1. The molecule has 5 rings (SSSR count). The predicted molar refractivity (Wildman–Crippen MR) is 127 cm³/mol. The summed E-state index contributed by atoms with van der Waals surface area (Å²) in [6, 6.07) is 13.6. The van der Waals surface area contributed by atoms with Crippen LogP contribution in [0.25, 0.3) is 22.6 Å². The largest absolute Gasteiger partial charge is 0.481 e. The molecule has 1 aromatic heterocycles. The van der Waals surface area contributed by atoms with Crippen LogP contribution in [0.4, 0.5) is 23.2 Å². The van der Waals surface area contributed by atoms with Crippen LogP contribution < -0.4 is 10.1 Å². The molecule has 5 nitrogen and oxygen atoms in total. The van der Waals surface area contributed by atoms with Gasteiger partial charge in [-0.1, -0.05) is 29.8 Å². The Balaban J connectivity index is 1.52. The van der Waals surface area contributed by atoms with Gasteiger partial charge in [-0.2, -0.15) is 13.2 Å². The molecule has 1 amide bonds. The Morgan fingerprint density at radius 2 is 1.83 bits per heavy atom. The molecule has 2 heterocycles. The minimum absolute atomic E-state index is 0.123. The predicted octanol–water partition coefficient (Wildman–Crippen LogP) is 7.43. The Morgan fingerprint density at radius 1 is 1.08 bits per heavy atom. The maximum Gasteiger partial charge on any atom is 0.417 e. The Bertz CT molecular complexity index is 1490. The van der Waals surface area contributed by atoms with E-state index in [1.165, 1.54) is 36.4 Å². The second-order valence-electron chi connectivity index (χ2n) is 8.73. The van der Waals surface area contributed by atoms with E-state index in [2.05, 4.69) is 15.3 Å². The second kappa shape index (κ2) is 8.37. The van der Waals surface area contributed by atoms with Gasteiger partial charge in [0.05, 0.1) is 33.1 Å². The van der Waals surface area contributed by atoms with E-state index in [4.69, 9.17) is 16.3 Å². The van der Waals surface area contributed by atoms with Crippen molar-refractivity contribution in [2.45, 2.75) is 25.6 Å². The topological polar surface area (TPSA) is 67.0 Å². The minimum atomic E-state index is -4.67. The van der Waals surface area contributed by atoms with E-state index >= 15 is 0 Å². The van der Waals surface area contributed by atoms with E-state index in [-0.39, 0.29) is 22.1 Å². The van der Waals surface area contributed by atoms with Crippen molar-refractivity contribution >= 4 is 23.2 Å². The second-order valence-corrected chi connectivity index (χ2v) is 9.13. The van der Waals surface area contributed by atoms with Crippen LogP contribution in [0, 0.1) is 5.82 Å². The van der Waals surface area contributed by atoms with Crippen LogP contribution in [0.2, 0.25) is 5.02 Å². The Kier molecular flexibility index (Phi) is 5.55. The maximum atomic E-state index is 14.5. The molecule has 0 fully saturated rings. The fourth-order valence-electron chi connectivity index (χ4n) is 4.18. The highest BCUT2D eigenvalue weighted by Gasteiger charge is 2.37. The Hall–Kier alpha value is -3.85. The zero-order valence-electron chi connectivity index (χ0n) is 18.9. The number of aromatic amines is 1. The molecule has 1 aliphatic heterocycles. The highest BCUT2D eigenvalue weighted by molar-refractivity contribution is 6.33. The van der Waals surface area contributed by atoms with Gasteiger partial charge in [0.15, 0.2) is 0 Å². The normalized spacial score (nSPS) is 14.0. The Morgan fingerprint density at radius 3 is 2.56 bits per heavy atom. The van der Waals surface area contributed by atoms with Crippen LogP contribution in [0.15, 0.2) is 60.7 Å². The number of rotatable bonds is 3. The smallest absolute Gasteiger partial charge is 0.417 e. The number of imidazole rings is 1. The highest BCUT2D eigenvalue weighted by atomic mass is 35.5. The summed E-state index contributed by atoms with van der Waals surface area (Å²) in [6.07, 6.45) is -4.67. The van der Waals surface area contributed by atoms with Gasteiger partial charge in [0.1, 0.15) is 23.0 Å². The zero-order chi connectivity index (χ0) is 25.8. The fourth-order valence-corrected chi connectivity index (χ4v) is 4.43. The third kappa shape index (κ3) is 4.09. The summed E-state index contributed by atoms with van der Waals surface area (Å²) in [5, 5.41) is 2.70. The number of benzene rings is 3. The highest BCUT2D eigenvalue weighted by Crippen LogP contribution is 2.46. The van der Waals surface area contributed by atoms with Crippen LogP contribution in [0.1, 0.15) is 35.5 Å². The number of aromatic nitrogens is 2. The summed E-state index contributed by atoms with van der Waals surface area (Å²) < 4.78 is 60.6. The first-order valence-electron chi connectivity index (χ1n) is 10.8. The van der Waals surface area contributed by atoms with Gasteiger partial charge in [-0.25, -0.2) is 9.37 Å². The van der Waals surface area contributed by atoms with Crippen molar-refractivity contribution in [2.75, 3.05) is 5.32 Å². The van der Waals surface area contributed by atoms with Gasteiger partial charge in [-0.15, -0.1) is 0 Å². The minimum Gasteiger partial charge on any atom is -0.481 e. The lowest BCUT2D eigenvalue weighted by atomic mass is 9.95. The van der Waals surface area contributed by atoms with Gasteiger partial charge < -0.3 is 15.0 Å². The number of H-pyrrole nitrogens is 1. The molecular formula is C26H18ClF4N3O2. The van der Waals surface area contributed by atoms with Gasteiger partial charge in [0, 0.05) is 17.3 Å². The standard InChI is InChI=1S/C26H18ClF4N3O2/c1-25(2)22-21(33-23(34-22)20-17(27)8-5-9-18(20)28)15-11-10-13(12-19(15)36-25)32-24(35)14-6-3-4-7-16(14)26(29,30)31/h3-12H,1-2H3,(H,32,35)(H,33,34). The number of hydrogen-bond donors (Lipinski definition) is 2. The van der Waals surface area contributed by atoms with Crippen molar-refractivity contribution in [2.24, 2.45) is 0 Å². The molecule has 0 radical (unpaired) electrons. The van der Waals surface area contributed by atoms with Gasteiger partial charge in [-0.05, 0) is 50.2 Å². The number of hydrogen-bond acceptors (Lipinski definition) is 3. The number of fused-ring (bicyclic) bond motifs is 3. The van der Waals surface area contributed by atoms with Crippen LogP contribution in [-0.2, 0) is 11.8 Å². The molecule has 1 aliphatic rings. The molecule has 184 valence electrons. The number of nitrogens with one attached hydrogen (secondary N) is 2. The average molecular weight is 516 g/mol. The summed E-state index contributed by atoms with van der Waals surface area (Å²) >= 11 is 6.22. The molecule has 2 N–H and O–H groups in total. The monoisotopic (exact) mass is 515 g/mol. The molecule has 0 atom stereocenters. The molecule has 0 saturated carbocycles. The van der Waals surface area contributed by atoms with Gasteiger partial charge in [0.25, 0.3) is 5.91 Å². The van der Waals surface area contributed by atoms with Crippen molar-refractivity contribution in [3.05, 3.63) is 88.3 Å². The molecule has 0 aliphatic carbocycles. The number of carbonyl (C=O) groups is 1.